The van der Waals surface area contributed by atoms with Crippen molar-refractivity contribution in [2.45, 2.75) is 12.8 Å². The quantitative estimate of drug-likeness (QED) is 0.630. The SMILES string of the molecule is CN1CCC(=C2c3cc(C#N)ccc3C=Cc3cccnc32)CC1. The molecule has 0 N–H and O–H groups in total. The van der Waals surface area contributed by atoms with E-state index in [1.54, 1.807) is 0 Å². The molecular weight excluding hydrogens is 294 g/mol. The van der Waals surface area contributed by atoms with Gasteiger partial charge in [-0.3, -0.25) is 4.98 Å². The third-order valence-corrected chi connectivity index (χ3v) is 4.91. The fraction of sp³-hybridized carbons (Fsp3) is 0.238. The first-order chi connectivity index (χ1) is 11.8. The number of piperidine rings is 1. The molecule has 0 spiro atoms. The topological polar surface area (TPSA) is 39.9 Å². The first-order valence-corrected chi connectivity index (χ1v) is 8.35. The first-order valence-electron chi connectivity index (χ1n) is 8.35. The van der Waals surface area contributed by atoms with Crippen molar-refractivity contribution in [2.24, 2.45) is 0 Å². The lowest BCUT2D eigenvalue weighted by atomic mass is 9.88. The highest BCUT2D eigenvalue weighted by molar-refractivity contribution is 5.94. The molecule has 3 nitrogen and oxygen atoms in total. The number of hydrogen-bond acceptors (Lipinski definition) is 3. The number of rotatable bonds is 0. The van der Waals surface area contributed by atoms with Crippen LogP contribution < -0.4 is 0 Å². The van der Waals surface area contributed by atoms with Gasteiger partial charge in [-0.1, -0.05) is 29.9 Å². The molecule has 24 heavy (non-hydrogen) atoms. The second-order valence-electron chi connectivity index (χ2n) is 6.47. The largest absolute Gasteiger partial charge is 0.306 e. The van der Waals surface area contributed by atoms with Gasteiger partial charge in [-0.2, -0.15) is 5.26 Å². The Balaban J connectivity index is 1.99. The molecule has 1 saturated heterocycles. The second-order valence-corrected chi connectivity index (χ2v) is 6.47. The van der Waals surface area contributed by atoms with Crippen LogP contribution in [0.25, 0.3) is 17.7 Å². The van der Waals surface area contributed by atoms with Gasteiger partial charge in [0.25, 0.3) is 0 Å². The minimum absolute atomic E-state index is 0.701. The van der Waals surface area contributed by atoms with E-state index in [1.807, 2.05) is 30.5 Å². The van der Waals surface area contributed by atoms with E-state index in [1.165, 1.54) is 11.1 Å². The summed E-state index contributed by atoms with van der Waals surface area (Å²) < 4.78 is 0. The molecule has 4 rings (SSSR count). The molecule has 118 valence electrons. The van der Waals surface area contributed by atoms with E-state index in [9.17, 15) is 5.26 Å². The van der Waals surface area contributed by atoms with Crippen LogP contribution in [0, 0.1) is 11.3 Å². The number of nitriles is 1. The minimum Gasteiger partial charge on any atom is -0.306 e. The molecule has 0 amide bonds. The van der Waals surface area contributed by atoms with Crippen LogP contribution in [-0.2, 0) is 0 Å². The minimum atomic E-state index is 0.701. The summed E-state index contributed by atoms with van der Waals surface area (Å²) in [5, 5.41) is 9.33. The van der Waals surface area contributed by atoms with Crippen molar-refractivity contribution >= 4 is 17.7 Å². The van der Waals surface area contributed by atoms with Crippen molar-refractivity contribution in [1.29, 1.82) is 5.26 Å². The molecule has 2 aliphatic rings. The number of nitrogens with zero attached hydrogens (tertiary/aromatic N) is 3. The zero-order valence-corrected chi connectivity index (χ0v) is 13.8. The van der Waals surface area contributed by atoms with E-state index in [0.29, 0.717) is 5.56 Å². The summed E-state index contributed by atoms with van der Waals surface area (Å²) >= 11 is 0. The van der Waals surface area contributed by atoms with Gasteiger partial charge in [0.1, 0.15) is 0 Å². The monoisotopic (exact) mass is 313 g/mol. The lowest BCUT2D eigenvalue weighted by molar-refractivity contribution is 0.313. The Morgan fingerprint density at radius 3 is 2.67 bits per heavy atom. The molecule has 3 heteroatoms. The van der Waals surface area contributed by atoms with Crippen molar-refractivity contribution in [3.05, 3.63) is 70.0 Å². The molecule has 1 aliphatic carbocycles. The fourth-order valence-corrected chi connectivity index (χ4v) is 3.55. The number of pyridine rings is 1. The summed E-state index contributed by atoms with van der Waals surface area (Å²) in [4.78, 5) is 7.07. The van der Waals surface area contributed by atoms with Gasteiger partial charge in [-0.25, -0.2) is 0 Å². The summed E-state index contributed by atoms with van der Waals surface area (Å²) in [6.07, 6.45) is 8.24. The van der Waals surface area contributed by atoms with Gasteiger partial charge in [-0.05, 0) is 49.2 Å². The number of fused-ring (bicyclic) bond motifs is 2. The molecule has 2 heterocycles. The fourth-order valence-electron chi connectivity index (χ4n) is 3.55. The smallest absolute Gasteiger partial charge is 0.0991 e. The van der Waals surface area contributed by atoms with Gasteiger partial charge >= 0.3 is 0 Å². The lowest BCUT2D eigenvalue weighted by Crippen LogP contribution is -2.27. The Labute approximate surface area is 142 Å². The van der Waals surface area contributed by atoms with E-state index < -0.39 is 0 Å². The average molecular weight is 313 g/mol. The molecule has 2 aromatic rings. The summed E-state index contributed by atoms with van der Waals surface area (Å²) in [6.45, 7) is 2.14. The van der Waals surface area contributed by atoms with Crippen molar-refractivity contribution in [3.63, 3.8) is 0 Å². The average Bonchev–Trinajstić information content (AvgIpc) is 2.79. The number of benzene rings is 1. The van der Waals surface area contributed by atoms with Crippen LogP contribution >= 0.6 is 0 Å². The normalized spacial score (nSPS) is 17.0. The maximum absolute atomic E-state index is 9.33. The van der Waals surface area contributed by atoms with Crippen LogP contribution in [0.15, 0.2) is 42.1 Å². The summed E-state index contributed by atoms with van der Waals surface area (Å²) in [5.41, 5.74) is 7.88. The molecule has 0 unspecified atom stereocenters. The van der Waals surface area contributed by atoms with Gasteiger partial charge < -0.3 is 4.90 Å². The second kappa shape index (κ2) is 6.07. The van der Waals surface area contributed by atoms with Crippen molar-refractivity contribution in [1.82, 2.24) is 9.88 Å². The highest BCUT2D eigenvalue weighted by Crippen LogP contribution is 2.37. The highest BCUT2D eigenvalue weighted by Gasteiger charge is 2.22. The van der Waals surface area contributed by atoms with Crippen LogP contribution in [0.1, 0.15) is 40.8 Å². The standard InChI is InChI=1S/C21H19N3/c1-24-11-8-17(9-12-24)20-19-13-15(14-22)4-5-16(19)6-7-18-3-2-10-23-21(18)20/h2-7,10,13H,8-9,11-12H2,1H3. The summed E-state index contributed by atoms with van der Waals surface area (Å²) in [5.74, 6) is 0. The van der Waals surface area contributed by atoms with Crippen molar-refractivity contribution in [3.8, 4) is 6.07 Å². The van der Waals surface area contributed by atoms with Crippen LogP contribution in [0.4, 0.5) is 0 Å². The Morgan fingerprint density at radius 1 is 1.08 bits per heavy atom. The van der Waals surface area contributed by atoms with Crippen LogP contribution in [-0.4, -0.2) is 30.0 Å². The maximum Gasteiger partial charge on any atom is 0.0991 e. The third-order valence-electron chi connectivity index (χ3n) is 4.91. The molecule has 0 bridgehead atoms. The third kappa shape index (κ3) is 2.55. The summed E-state index contributed by atoms with van der Waals surface area (Å²) in [6, 6.07) is 12.3. The zero-order valence-electron chi connectivity index (χ0n) is 13.8. The van der Waals surface area contributed by atoms with Crippen molar-refractivity contribution < 1.29 is 0 Å². The number of hydrogen-bond donors (Lipinski definition) is 0. The molecule has 1 fully saturated rings. The molecule has 1 aromatic carbocycles. The number of likely N-dealkylation sites (tertiary alicyclic amines) is 1. The predicted octanol–water partition coefficient (Wildman–Crippen LogP) is 3.96. The highest BCUT2D eigenvalue weighted by atomic mass is 15.1. The molecule has 1 aromatic heterocycles. The van der Waals surface area contributed by atoms with Crippen LogP contribution in [0.3, 0.4) is 0 Å². The molecular formula is C21H19N3. The molecule has 0 radical (unpaired) electrons. The lowest BCUT2D eigenvalue weighted by Gasteiger charge is -2.27. The van der Waals surface area contributed by atoms with Gasteiger partial charge in [0, 0.05) is 30.4 Å². The molecule has 1 aliphatic heterocycles. The van der Waals surface area contributed by atoms with Gasteiger partial charge in [0.05, 0.1) is 17.3 Å². The van der Waals surface area contributed by atoms with E-state index in [0.717, 1.165) is 48.3 Å². The van der Waals surface area contributed by atoms with E-state index in [2.05, 4.69) is 36.2 Å². The van der Waals surface area contributed by atoms with Gasteiger partial charge in [0.2, 0.25) is 0 Å². The maximum atomic E-state index is 9.33. The number of aromatic nitrogens is 1. The van der Waals surface area contributed by atoms with Gasteiger partial charge in [-0.15, -0.1) is 0 Å². The van der Waals surface area contributed by atoms with Gasteiger partial charge in [0.15, 0.2) is 0 Å². The Bertz CT molecular complexity index is 890. The molecule has 0 atom stereocenters. The van der Waals surface area contributed by atoms with Crippen LogP contribution in [0.2, 0.25) is 0 Å². The van der Waals surface area contributed by atoms with Crippen molar-refractivity contribution in [2.75, 3.05) is 20.1 Å². The zero-order chi connectivity index (χ0) is 16.5. The summed E-state index contributed by atoms with van der Waals surface area (Å²) in [7, 11) is 2.17. The Hall–Kier alpha value is -2.70. The predicted molar refractivity (Wildman–Crippen MR) is 97.1 cm³/mol. The van der Waals surface area contributed by atoms with E-state index in [-0.39, 0.29) is 0 Å². The van der Waals surface area contributed by atoms with E-state index >= 15 is 0 Å². The molecule has 0 saturated carbocycles. The first kappa shape index (κ1) is 14.9. The van der Waals surface area contributed by atoms with Crippen LogP contribution in [0.5, 0.6) is 0 Å². The Morgan fingerprint density at radius 2 is 1.88 bits per heavy atom. The Kier molecular flexibility index (Phi) is 3.76. The van der Waals surface area contributed by atoms with E-state index in [4.69, 9.17) is 4.98 Å².